The molecule has 0 fully saturated rings. The summed E-state index contributed by atoms with van der Waals surface area (Å²) in [5, 5.41) is 18.6. The standard InChI is InChI=1S/C18H25N3O4/c1-18(2,3)25-17(24)21(15(16(22)23)8-5-9-19)12-14-7-4-6-13(10-14)11-20/h4,6-7,10,15H,5,8-9,12,19H2,1-3H3,(H,22,23)/t15-/m1/s1. The van der Waals surface area contributed by atoms with Crippen molar-refractivity contribution in [3.63, 3.8) is 0 Å². The second-order valence-corrected chi connectivity index (χ2v) is 6.71. The molecule has 0 aromatic heterocycles. The molecule has 0 saturated heterocycles. The molecule has 1 rings (SSSR count). The largest absolute Gasteiger partial charge is 0.480 e. The molecule has 0 aliphatic carbocycles. The third kappa shape index (κ3) is 6.81. The van der Waals surface area contributed by atoms with Crippen LogP contribution in [0, 0.1) is 11.3 Å². The van der Waals surface area contributed by atoms with Crippen LogP contribution in [-0.2, 0) is 16.1 Å². The Labute approximate surface area is 148 Å². The Morgan fingerprint density at radius 2 is 2.08 bits per heavy atom. The van der Waals surface area contributed by atoms with Gasteiger partial charge in [0, 0.05) is 6.54 Å². The number of nitrogens with two attached hydrogens (primary N) is 1. The van der Waals surface area contributed by atoms with Crippen molar-refractivity contribution in [1.82, 2.24) is 4.90 Å². The highest BCUT2D eigenvalue weighted by Crippen LogP contribution is 2.18. The van der Waals surface area contributed by atoms with E-state index in [1.807, 2.05) is 6.07 Å². The van der Waals surface area contributed by atoms with Crippen LogP contribution in [0.15, 0.2) is 24.3 Å². The summed E-state index contributed by atoms with van der Waals surface area (Å²) in [6.07, 6.45) is -0.0170. The first kappa shape index (κ1) is 20.5. The van der Waals surface area contributed by atoms with Crippen molar-refractivity contribution >= 4 is 12.1 Å². The number of rotatable bonds is 7. The van der Waals surface area contributed by atoms with E-state index in [1.165, 1.54) is 4.90 Å². The quantitative estimate of drug-likeness (QED) is 0.782. The normalized spacial score (nSPS) is 12.1. The maximum absolute atomic E-state index is 12.6. The Balaban J connectivity index is 3.13. The van der Waals surface area contributed by atoms with E-state index >= 15 is 0 Å². The predicted octanol–water partition coefficient (Wildman–Crippen LogP) is 2.49. The number of amides is 1. The Kier molecular flexibility index (Phi) is 7.40. The number of aliphatic carboxylic acids is 1. The van der Waals surface area contributed by atoms with Crippen molar-refractivity contribution in [2.75, 3.05) is 6.54 Å². The molecule has 0 saturated carbocycles. The number of benzene rings is 1. The smallest absolute Gasteiger partial charge is 0.411 e. The van der Waals surface area contributed by atoms with Gasteiger partial charge < -0.3 is 15.6 Å². The van der Waals surface area contributed by atoms with Gasteiger partial charge in [-0.25, -0.2) is 9.59 Å². The first-order valence-electron chi connectivity index (χ1n) is 8.09. The molecule has 1 aromatic rings. The Morgan fingerprint density at radius 3 is 2.60 bits per heavy atom. The summed E-state index contributed by atoms with van der Waals surface area (Å²) in [6.45, 7) is 5.51. The van der Waals surface area contributed by atoms with Gasteiger partial charge in [0.05, 0.1) is 11.6 Å². The average Bonchev–Trinajstić information content (AvgIpc) is 2.52. The number of nitrogens with zero attached hydrogens (tertiary/aromatic N) is 2. The van der Waals surface area contributed by atoms with E-state index < -0.39 is 23.7 Å². The molecule has 0 aliphatic heterocycles. The molecule has 25 heavy (non-hydrogen) atoms. The average molecular weight is 347 g/mol. The zero-order valence-electron chi connectivity index (χ0n) is 14.9. The van der Waals surface area contributed by atoms with Crippen LogP contribution in [0.1, 0.15) is 44.7 Å². The van der Waals surface area contributed by atoms with E-state index in [0.29, 0.717) is 24.1 Å². The second-order valence-electron chi connectivity index (χ2n) is 6.71. The number of nitriles is 1. The van der Waals surface area contributed by atoms with Gasteiger partial charge in [-0.05, 0) is 57.9 Å². The third-order valence-corrected chi connectivity index (χ3v) is 3.38. The van der Waals surface area contributed by atoms with Gasteiger partial charge in [-0.3, -0.25) is 4.90 Å². The highest BCUT2D eigenvalue weighted by Gasteiger charge is 2.32. The summed E-state index contributed by atoms with van der Waals surface area (Å²) in [7, 11) is 0. The molecule has 0 heterocycles. The van der Waals surface area contributed by atoms with Crippen LogP contribution in [0.2, 0.25) is 0 Å². The van der Waals surface area contributed by atoms with Crippen LogP contribution in [-0.4, -0.2) is 40.3 Å². The van der Waals surface area contributed by atoms with Crippen LogP contribution in [0.4, 0.5) is 4.79 Å². The van der Waals surface area contributed by atoms with Gasteiger partial charge in [-0.15, -0.1) is 0 Å². The van der Waals surface area contributed by atoms with E-state index in [1.54, 1.807) is 45.0 Å². The minimum atomic E-state index is -1.12. The maximum Gasteiger partial charge on any atom is 0.411 e. The summed E-state index contributed by atoms with van der Waals surface area (Å²) < 4.78 is 5.37. The topological polar surface area (TPSA) is 117 Å². The van der Waals surface area contributed by atoms with Crippen LogP contribution in [0.3, 0.4) is 0 Å². The SMILES string of the molecule is CC(C)(C)OC(=O)N(Cc1cccc(C#N)c1)[C@H](CCCN)C(=O)O. The van der Waals surface area contributed by atoms with Crippen molar-refractivity contribution in [3.8, 4) is 6.07 Å². The molecule has 7 nitrogen and oxygen atoms in total. The predicted molar refractivity (Wildman–Crippen MR) is 92.6 cm³/mol. The Bertz CT molecular complexity index is 646. The van der Waals surface area contributed by atoms with Gasteiger partial charge >= 0.3 is 12.1 Å². The lowest BCUT2D eigenvalue weighted by Crippen LogP contribution is -2.47. The van der Waals surface area contributed by atoms with Crippen molar-refractivity contribution in [2.24, 2.45) is 5.73 Å². The van der Waals surface area contributed by atoms with Crippen LogP contribution in [0.25, 0.3) is 0 Å². The molecule has 0 bridgehead atoms. The van der Waals surface area contributed by atoms with Gasteiger partial charge in [-0.1, -0.05) is 12.1 Å². The molecule has 0 spiro atoms. The van der Waals surface area contributed by atoms with Gasteiger partial charge in [-0.2, -0.15) is 5.26 Å². The van der Waals surface area contributed by atoms with E-state index in [-0.39, 0.29) is 13.0 Å². The number of hydrogen-bond donors (Lipinski definition) is 2. The maximum atomic E-state index is 12.6. The molecule has 0 unspecified atom stereocenters. The van der Waals surface area contributed by atoms with E-state index in [2.05, 4.69) is 0 Å². The first-order valence-corrected chi connectivity index (χ1v) is 8.09. The lowest BCUT2D eigenvalue weighted by molar-refractivity contribution is -0.143. The summed E-state index contributed by atoms with van der Waals surface area (Å²) in [5.74, 6) is -1.12. The molecule has 1 atom stereocenters. The summed E-state index contributed by atoms with van der Waals surface area (Å²) in [5.41, 5.74) is 5.83. The lowest BCUT2D eigenvalue weighted by atomic mass is 10.1. The van der Waals surface area contributed by atoms with Crippen molar-refractivity contribution in [3.05, 3.63) is 35.4 Å². The minimum absolute atomic E-state index is 0.0337. The fraction of sp³-hybridized carbons (Fsp3) is 0.500. The number of carboxylic acids is 1. The van der Waals surface area contributed by atoms with Gasteiger partial charge in [0.15, 0.2) is 0 Å². The Morgan fingerprint density at radius 1 is 1.40 bits per heavy atom. The Hall–Kier alpha value is -2.59. The van der Waals surface area contributed by atoms with E-state index in [9.17, 15) is 14.7 Å². The number of hydrogen-bond acceptors (Lipinski definition) is 5. The molecule has 1 amide bonds. The molecule has 0 radical (unpaired) electrons. The van der Waals surface area contributed by atoms with Gasteiger partial charge in [0.25, 0.3) is 0 Å². The molecule has 3 N–H and O–H groups in total. The summed E-state index contributed by atoms with van der Waals surface area (Å²) >= 11 is 0. The molecular formula is C18H25N3O4. The summed E-state index contributed by atoms with van der Waals surface area (Å²) in [6, 6.07) is 7.67. The van der Waals surface area contributed by atoms with Crippen molar-refractivity contribution in [1.29, 1.82) is 5.26 Å². The second kappa shape index (κ2) is 9.04. The number of ether oxygens (including phenoxy) is 1. The van der Waals surface area contributed by atoms with Gasteiger partial charge in [0.1, 0.15) is 11.6 Å². The number of carboxylic acid groups (broad SMARTS) is 1. The lowest BCUT2D eigenvalue weighted by Gasteiger charge is -2.31. The fourth-order valence-electron chi connectivity index (χ4n) is 2.28. The van der Waals surface area contributed by atoms with E-state index in [0.717, 1.165) is 0 Å². The third-order valence-electron chi connectivity index (χ3n) is 3.38. The summed E-state index contributed by atoms with van der Waals surface area (Å²) in [4.78, 5) is 25.4. The van der Waals surface area contributed by atoms with E-state index in [4.69, 9.17) is 15.7 Å². The first-order chi connectivity index (χ1) is 11.7. The van der Waals surface area contributed by atoms with Crippen molar-refractivity contribution in [2.45, 2.75) is 51.8 Å². The molecule has 136 valence electrons. The molecule has 1 aromatic carbocycles. The zero-order valence-corrected chi connectivity index (χ0v) is 14.9. The van der Waals surface area contributed by atoms with Crippen LogP contribution in [0.5, 0.6) is 0 Å². The molecular weight excluding hydrogens is 322 g/mol. The van der Waals surface area contributed by atoms with Crippen LogP contribution >= 0.6 is 0 Å². The van der Waals surface area contributed by atoms with Gasteiger partial charge in [0.2, 0.25) is 0 Å². The number of carbonyl (C=O) groups excluding carboxylic acids is 1. The number of carbonyl (C=O) groups is 2. The zero-order chi connectivity index (χ0) is 19.0. The minimum Gasteiger partial charge on any atom is -0.480 e. The highest BCUT2D eigenvalue weighted by molar-refractivity contribution is 5.80. The molecule has 7 heteroatoms. The monoisotopic (exact) mass is 347 g/mol. The molecule has 0 aliphatic rings. The highest BCUT2D eigenvalue weighted by atomic mass is 16.6. The fourth-order valence-corrected chi connectivity index (χ4v) is 2.28. The van der Waals surface area contributed by atoms with Crippen LogP contribution < -0.4 is 5.73 Å². The van der Waals surface area contributed by atoms with Crippen molar-refractivity contribution < 1.29 is 19.4 Å².